The van der Waals surface area contributed by atoms with Crippen LogP contribution in [0.25, 0.3) is 0 Å². The minimum Gasteiger partial charge on any atom is -0.459 e. The third kappa shape index (κ3) is 6.38. The second-order valence-electron chi connectivity index (χ2n) is 3.06. The highest BCUT2D eigenvalue weighted by Gasteiger charge is 2.06. The Bertz CT molecular complexity index is 299. The van der Waals surface area contributed by atoms with Crippen LogP contribution in [-0.4, -0.2) is 50.7 Å². The lowest BCUT2D eigenvalue weighted by Gasteiger charge is -2.05. The highest BCUT2D eigenvalue weighted by atomic mass is 32.1. The molecule has 6 heteroatoms. The smallest absolute Gasteiger partial charge is 0.348 e. The summed E-state index contributed by atoms with van der Waals surface area (Å²) >= 11 is 1.35. The number of rotatable bonds is 9. The van der Waals surface area contributed by atoms with Crippen molar-refractivity contribution in [2.45, 2.75) is 0 Å². The Morgan fingerprint density at radius 2 is 1.88 bits per heavy atom. The summed E-state index contributed by atoms with van der Waals surface area (Å²) in [6, 6.07) is 3.52. The van der Waals surface area contributed by atoms with Crippen LogP contribution in [0.4, 0.5) is 0 Å². The number of aliphatic hydroxyl groups excluding tert-OH is 1. The Balaban J connectivity index is 1.92. The molecule has 0 atom stereocenters. The van der Waals surface area contributed by atoms with E-state index in [1.165, 1.54) is 11.3 Å². The summed E-state index contributed by atoms with van der Waals surface area (Å²) in [6.07, 6.45) is 0. The predicted molar refractivity (Wildman–Crippen MR) is 63.3 cm³/mol. The summed E-state index contributed by atoms with van der Waals surface area (Å²) in [7, 11) is 0. The van der Waals surface area contributed by atoms with Crippen LogP contribution in [0, 0.1) is 0 Å². The molecule has 1 aromatic rings. The molecule has 17 heavy (non-hydrogen) atoms. The van der Waals surface area contributed by atoms with Crippen molar-refractivity contribution in [1.82, 2.24) is 0 Å². The molecule has 5 nitrogen and oxygen atoms in total. The van der Waals surface area contributed by atoms with Gasteiger partial charge in [-0.3, -0.25) is 0 Å². The van der Waals surface area contributed by atoms with E-state index in [1.54, 1.807) is 12.1 Å². The van der Waals surface area contributed by atoms with Crippen LogP contribution < -0.4 is 0 Å². The lowest BCUT2D eigenvalue weighted by molar-refractivity contribution is 0.00941. The van der Waals surface area contributed by atoms with E-state index in [-0.39, 0.29) is 19.2 Å². The van der Waals surface area contributed by atoms with Crippen molar-refractivity contribution in [1.29, 1.82) is 0 Å². The molecule has 0 aliphatic heterocycles. The number of carbonyl (C=O) groups is 1. The molecule has 0 aliphatic carbocycles. The van der Waals surface area contributed by atoms with Crippen LogP contribution in [0.15, 0.2) is 17.5 Å². The average Bonchev–Trinajstić information content (AvgIpc) is 2.86. The van der Waals surface area contributed by atoms with E-state index in [1.807, 2.05) is 5.38 Å². The molecule has 0 amide bonds. The molecule has 0 aromatic carbocycles. The summed E-state index contributed by atoms with van der Waals surface area (Å²) in [5.41, 5.74) is 0. The van der Waals surface area contributed by atoms with Gasteiger partial charge in [0.15, 0.2) is 0 Å². The van der Waals surface area contributed by atoms with Gasteiger partial charge in [-0.2, -0.15) is 0 Å². The van der Waals surface area contributed by atoms with Gasteiger partial charge in [-0.15, -0.1) is 11.3 Å². The van der Waals surface area contributed by atoms with Crippen LogP contribution in [0.1, 0.15) is 9.67 Å². The Morgan fingerprint density at radius 3 is 2.53 bits per heavy atom. The summed E-state index contributed by atoms with van der Waals surface area (Å²) in [5.74, 6) is -0.319. The summed E-state index contributed by atoms with van der Waals surface area (Å²) < 4.78 is 15.1. The molecule has 1 heterocycles. The van der Waals surface area contributed by atoms with Gasteiger partial charge in [-0.25, -0.2) is 4.79 Å². The SMILES string of the molecule is O=C(OCCOCCOCCO)c1cccs1. The van der Waals surface area contributed by atoms with Gasteiger partial charge in [-0.05, 0) is 11.4 Å². The molecule has 0 radical (unpaired) electrons. The van der Waals surface area contributed by atoms with Crippen LogP contribution in [-0.2, 0) is 14.2 Å². The first kappa shape index (κ1) is 14.1. The fourth-order valence-electron chi connectivity index (χ4n) is 1.05. The van der Waals surface area contributed by atoms with Gasteiger partial charge >= 0.3 is 5.97 Å². The molecule has 0 saturated carbocycles. The number of aliphatic hydroxyl groups is 1. The van der Waals surface area contributed by atoms with E-state index >= 15 is 0 Å². The van der Waals surface area contributed by atoms with E-state index in [0.29, 0.717) is 31.3 Å². The second kappa shape index (κ2) is 9.12. The minimum atomic E-state index is -0.319. The third-order valence-electron chi connectivity index (χ3n) is 1.79. The summed E-state index contributed by atoms with van der Waals surface area (Å²) in [4.78, 5) is 12.0. The van der Waals surface area contributed by atoms with Gasteiger partial charge in [-0.1, -0.05) is 6.07 Å². The third-order valence-corrected chi connectivity index (χ3v) is 2.64. The van der Waals surface area contributed by atoms with Gasteiger partial charge < -0.3 is 19.3 Å². The maximum absolute atomic E-state index is 11.4. The van der Waals surface area contributed by atoms with Crippen molar-refractivity contribution in [3.05, 3.63) is 22.4 Å². The highest BCUT2D eigenvalue weighted by molar-refractivity contribution is 7.11. The summed E-state index contributed by atoms with van der Waals surface area (Å²) in [5, 5.41) is 10.3. The van der Waals surface area contributed by atoms with E-state index in [4.69, 9.17) is 19.3 Å². The van der Waals surface area contributed by atoms with Gasteiger partial charge in [0.1, 0.15) is 11.5 Å². The Kier molecular flexibility index (Phi) is 7.57. The van der Waals surface area contributed by atoms with Crippen molar-refractivity contribution in [3.8, 4) is 0 Å². The second-order valence-corrected chi connectivity index (χ2v) is 4.01. The number of hydrogen-bond donors (Lipinski definition) is 1. The van der Waals surface area contributed by atoms with Crippen LogP contribution in [0.3, 0.4) is 0 Å². The largest absolute Gasteiger partial charge is 0.459 e. The molecule has 0 unspecified atom stereocenters. The predicted octanol–water partition coefficient (Wildman–Crippen LogP) is 0.930. The highest BCUT2D eigenvalue weighted by Crippen LogP contribution is 2.09. The Labute approximate surface area is 104 Å². The van der Waals surface area contributed by atoms with Crippen molar-refractivity contribution in [3.63, 3.8) is 0 Å². The molecule has 0 bridgehead atoms. The molecule has 1 aromatic heterocycles. The standard InChI is InChI=1S/C11H16O5S/c12-3-4-14-5-6-15-7-8-16-11(13)10-2-1-9-17-10/h1-2,9,12H,3-8H2. The molecular formula is C11H16O5S. The van der Waals surface area contributed by atoms with Crippen molar-refractivity contribution in [2.24, 2.45) is 0 Å². The van der Waals surface area contributed by atoms with Gasteiger partial charge in [0.05, 0.1) is 33.0 Å². The molecule has 0 saturated heterocycles. The molecule has 0 fully saturated rings. The number of esters is 1. The number of carbonyl (C=O) groups excluding carboxylic acids is 1. The van der Waals surface area contributed by atoms with Crippen LogP contribution >= 0.6 is 11.3 Å². The molecule has 1 N–H and O–H groups in total. The quantitative estimate of drug-likeness (QED) is 0.528. The fourth-order valence-corrected chi connectivity index (χ4v) is 1.66. The van der Waals surface area contributed by atoms with Crippen LogP contribution in [0.2, 0.25) is 0 Å². The molecule has 0 spiro atoms. The summed E-state index contributed by atoms with van der Waals surface area (Å²) in [6.45, 7) is 1.77. The zero-order chi connectivity index (χ0) is 12.3. The zero-order valence-corrected chi connectivity index (χ0v) is 10.3. The fraction of sp³-hybridized carbons (Fsp3) is 0.545. The van der Waals surface area contributed by atoms with E-state index in [2.05, 4.69) is 0 Å². The first-order valence-corrected chi connectivity index (χ1v) is 6.19. The van der Waals surface area contributed by atoms with E-state index < -0.39 is 0 Å². The molecule has 96 valence electrons. The van der Waals surface area contributed by atoms with Crippen molar-refractivity contribution >= 4 is 17.3 Å². The minimum absolute atomic E-state index is 0.0123. The maximum atomic E-state index is 11.4. The van der Waals surface area contributed by atoms with Crippen LogP contribution in [0.5, 0.6) is 0 Å². The lowest BCUT2D eigenvalue weighted by atomic mass is 10.5. The first-order valence-electron chi connectivity index (χ1n) is 5.31. The van der Waals surface area contributed by atoms with Gasteiger partial charge in [0.2, 0.25) is 0 Å². The molecule has 0 aliphatic rings. The molecular weight excluding hydrogens is 244 g/mol. The monoisotopic (exact) mass is 260 g/mol. The maximum Gasteiger partial charge on any atom is 0.348 e. The Morgan fingerprint density at radius 1 is 1.18 bits per heavy atom. The zero-order valence-electron chi connectivity index (χ0n) is 9.46. The molecule has 1 rings (SSSR count). The average molecular weight is 260 g/mol. The number of hydrogen-bond acceptors (Lipinski definition) is 6. The van der Waals surface area contributed by atoms with Crippen molar-refractivity contribution in [2.75, 3.05) is 39.6 Å². The number of ether oxygens (including phenoxy) is 3. The van der Waals surface area contributed by atoms with Crippen molar-refractivity contribution < 1.29 is 24.1 Å². The normalized spacial score (nSPS) is 10.4. The Hall–Kier alpha value is -0.950. The lowest BCUT2D eigenvalue weighted by Crippen LogP contribution is -2.13. The van der Waals surface area contributed by atoms with E-state index in [9.17, 15) is 4.79 Å². The van der Waals surface area contributed by atoms with E-state index in [0.717, 1.165) is 0 Å². The first-order chi connectivity index (χ1) is 8.34. The van der Waals surface area contributed by atoms with Gasteiger partial charge in [0.25, 0.3) is 0 Å². The number of thiophene rings is 1. The van der Waals surface area contributed by atoms with Gasteiger partial charge in [0, 0.05) is 0 Å². The topological polar surface area (TPSA) is 65.0 Å².